The molecule has 0 aliphatic rings. The highest BCUT2D eigenvalue weighted by molar-refractivity contribution is 7.26. The maximum Gasteiger partial charge on any atom is 0.154 e. The van der Waals surface area contributed by atoms with Crippen LogP contribution in [0.25, 0.3) is 53.6 Å². The van der Waals surface area contributed by atoms with E-state index in [1.54, 1.807) is 0 Å². The SMILES string of the molecule is CCCCCCCCCCCCCc1ccc(-c2ccc3c(c2)oc2c4ccc(-c5ccc(CCCCCCCCCCCCC)cc5)cc4sc32)cc1. The zero-order chi connectivity index (χ0) is 37.2. The van der Waals surface area contributed by atoms with Gasteiger partial charge in [-0.05, 0) is 83.3 Å². The van der Waals surface area contributed by atoms with Gasteiger partial charge in [-0.2, -0.15) is 0 Å². The molecule has 4 aromatic carbocycles. The molecule has 0 saturated heterocycles. The molecule has 0 aliphatic carbocycles. The quantitative estimate of drug-likeness (QED) is 0.0505. The highest BCUT2D eigenvalue weighted by Crippen LogP contribution is 2.43. The van der Waals surface area contributed by atoms with Crippen LogP contribution in [0.1, 0.15) is 166 Å². The minimum absolute atomic E-state index is 0.984. The largest absolute Gasteiger partial charge is 0.454 e. The molecule has 2 aromatic heterocycles. The van der Waals surface area contributed by atoms with Crippen LogP contribution >= 0.6 is 11.3 Å². The summed E-state index contributed by atoms with van der Waals surface area (Å²) in [7, 11) is 0. The van der Waals surface area contributed by atoms with Crippen molar-refractivity contribution in [2.45, 2.75) is 168 Å². The Hall–Kier alpha value is -3.36. The Balaban J connectivity index is 0.958. The average Bonchev–Trinajstić information content (AvgIpc) is 3.74. The van der Waals surface area contributed by atoms with Crippen LogP contribution in [-0.4, -0.2) is 0 Å². The number of fused-ring (bicyclic) bond motifs is 5. The molecular weight excluding hydrogens is 673 g/mol. The molecule has 0 atom stereocenters. The monoisotopic (exact) mass is 740 g/mol. The molecule has 0 aliphatic heterocycles. The second kappa shape index (κ2) is 22.3. The Kier molecular flexibility index (Phi) is 16.6. The van der Waals surface area contributed by atoms with E-state index in [1.807, 2.05) is 11.3 Å². The molecule has 0 N–H and O–H groups in total. The summed E-state index contributed by atoms with van der Waals surface area (Å²) < 4.78 is 9.13. The number of aryl methyl sites for hydroxylation is 2. The maximum absolute atomic E-state index is 6.58. The van der Waals surface area contributed by atoms with Crippen LogP contribution in [0.5, 0.6) is 0 Å². The highest BCUT2D eigenvalue weighted by atomic mass is 32.1. The van der Waals surface area contributed by atoms with Gasteiger partial charge in [-0.15, -0.1) is 11.3 Å². The lowest BCUT2D eigenvalue weighted by atomic mass is 10.00. The number of furan rings is 1. The zero-order valence-electron chi connectivity index (χ0n) is 33.9. The van der Waals surface area contributed by atoms with Gasteiger partial charge in [0, 0.05) is 15.5 Å². The van der Waals surface area contributed by atoms with E-state index in [4.69, 9.17) is 4.42 Å². The first-order chi connectivity index (χ1) is 26.7. The summed E-state index contributed by atoms with van der Waals surface area (Å²) in [6.45, 7) is 4.59. The Morgan fingerprint density at radius 1 is 0.389 bits per heavy atom. The molecule has 0 fully saturated rings. The van der Waals surface area contributed by atoms with Gasteiger partial charge in [-0.1, -0.05) is 203 Å². The van der Waals surface area contributed by atoms with E-state index in [-0.39, 0.29) is 0 Å². The minimum atomic E-state index is 0.984. The lowest BCUT2D eigenvalue weighted by Crippen LogP contribution is -1.87. The summed E-state index contributed by atoms with van der Waals surface area (Å²) in [6, 6.07) is 32.2. The summed E-state index contributed by atoms with van der Waals surface area (Å²) in [5.74, 6) is 0. The predicted molar refractivity (Wildman–Crippen MR) is 240 cm³/mol. The van der Waals surface area contributed by atoms with Crippen molar-refractivity contribution in [2.24, 2.45) is 0 Å². The maximum atomic E-state index is 6.58. The minimum Gasteiger partial charge on any atom is -0.454 e. The molecule has 6 aromatic rings. The van der Waals surface area contributed by atoms with E-state index in [0.717, 1.165) is 11.2 Å². The third-order valence-corrected chi connectivity index (χ3v) is 13.0. The van der Waals surface area contributed by atoms with Crippen LogP contribution in [-0.2, 0) is 12.8 Å². The normalized spacial score (nSPS) is 11.8. The first kappa shape index (κ1) is 40.3. The molecule has 0 saturated carbocycles. The fourth-order valence-electron chi connectivity index (χ4n) is 8.33. The van der Waals surface area contributed by atoms with Crippen molar-refractivity contribution >= 4 is 42.7 Å². The van der Waals surface area contributed by atoms with Crippen molar-refractivity contribution in [1.82, 2.24) is 0 Å². The van der Waals surface area contributed by atoms with Crippen LogP contribution in [0, 0.1) is 0 Å². The molecule has 0 amide bonds. The molecule has 288 valence electrons. The van der Waals surface area contributed by atoms with Gasteiger partial charge in [0.1, 0.15) is 5.58 Å². The van der Waals surface area contributed by atoms with Crippen LogP contribution in [0.4, 0.5) is 0 Å². The first-order valence-corrected chi connectivity index (χ1v) is 23.1. The smallest absolute Gasteiger partial charge is 0.154 e. The molecule has 0 radical (unpaired) electrons. The van der Waals surface area contributed by atoms with Gasteiger partial charge in [0.15, 0.2) is 5.58 Å². The molecule has 0 unspecified atom stereocenters. The fraction of sp³-hybridized carbons (Fsp3) is 0.500. The van der Waals surface area contributed by atoms with Crippen molar-refractivity contribution < 1.29 is 4.42 Å². The van der Waals surface area contributed by atoms with Crippen molar-refractivity contribution in [3.8, 4) is 22.3 Å². The average molecular weight is 741 g/mol. The summed E-state index contributed by atoms with van der Waals surface area (Å²) in [6.07, 6.45) is 33.1. The summed E-state index contributed by atoms with van der Waals surface area (Å²) >= 11 is 1.86. The number of benzene rings is 4. The Bertz CT molecular complexity index is 1800. The van der Waals surface area contributed by atoms with E-state index in [9.17, 15) is 0 Å². The molecule has 2 heterocycles. The van der Waals surface area contributed by atoms with Gasteiger partial charge in [0.2, 0.25) is 0 Å². The lowest BCUT2D eigenvalue weighted by Gasteiger charge is -2.06. The van der Waals surface area contributed by atoms with Crippen molar-refractivity contribution in [1.29, 1.82) is 0 Å². The van der Waals surface area contributed by atoms with Crippen molar-refractivity contribution in [3.05, 3.63) is 96.1 Å². The molecule has 54 heavy (non-hydrogen) atoms. The number of thiophene rings is 1. The molecule has 1 nitrogen and oxygen atoms in total. The van der Waals surface area contributed by atoms with Crippen molar-refractivity contribution in [2.75, 3.05) is 0 Å². The van der Waals surface area contributed by atoms with Gasteiger partial charge in [0.05, 0.1) is 4.70 Å². The third kappa shape index (κ3) is 11.8. The number of rotatable bonds is 26. The lowest BCUT2D eigenvalue weighted by molar-refractivity contribution is 0.549. The van der Waals surface area contributed by atoms with Crippen molar-refractivity contribution in [3.63, 3.8) is 0 Å². The fourth-order valence-corrected chi connectivity index (χ4v) is 9.53. The molecular formula is C52H68OS. The molecule has 0 bridgehead atoms. The molecule has 0 spiro atoms. The topological polar surface area (TPSA) is 13.1 Å². The van der Waals surface area contributed by atoms with Gasteiger partial charge >= 0.3 is 0 Å². The number of hydrogen-bond donors (Lipinski definition) is 0. The first-order valence-electron chi connectivity index (χ1n) is 22.3. The summed E-state index contributed by atoms with van der Waals surface area (Å²) in [5, 5.41) is 2.44. The van der Waals surface area contributed by atoms with Gasteiger partial charge in [-0.25, -0.2) is 0 Å². The number of unbranched alkanes of at least 4 members (excludes halogenated alkanes) is 20. The van der Waals surface area contributed by atoms with Gasteiger partial charge in [0.25, 0.3) is 0 Å². The van der Waals surface area contributed by atoms with Crippen LogP contribution in [0.3, 0.4) is 0 Å². The van der Waals surface area contributed by atoms with Crippen LogP contribution < -0.4 is 0 Å². The standard InChI is InChI=1S/C52H68OS/c1-3-5-7-9-11-13-15-17-19-21-23-25-41-27-31-43(32-28-41)45-35-37-47-49(39-45)53-51-48-38-36-46(40-50(48)54-52(47)51)44-33-29-42(30-34-44)26-24-22-20-18-16-14-12-10-8-6-4-2/h27-40H,3-26H2,1-2H3. The third-order valence-electron chi connectivity index (χ3n) is 11.8. The van der Waals surface area contributed by atoms with Crippen LogP contribution in [0.2, 0.25) is 0 Å². The number of hydrogen-bond acceptors (Lipinski definition) is 2. The Morgan fingerprint density at radius 3 is 1.24 bits per heavy atom. The van der Waals surface area contributed by atoms with E-state index in [1.165, 1.54) is 208 Å². The van der Waals surface area contributed by atoms with Gasteiger partial charge in [-0.3, -0.25) is 0 Å². The second-order valence-corrected chi connectivity index (χ2v) is 17.3. The van der Waals surface area contributed by atoms with Crippen LogP contribution in [0.15, 0.2) is 89.3 Å². The zero-order valence-corrected chi connectivity index (χ0v) is 34.7. The predicted octanol–water partition coefficient (Wildman–Crippen LogP) is 17.8. The van der Waals surface area contributed by atoms with Gasteiger partial charge < -0.3 is 4.42 Å². The van der Waals surface area contributed by atoms with E-state index in [2.05, 4.69) is 98.8 Å². The Labute approximate surface area is 332 Å². The summed E-state index contributed by atoms with van der Waals surface area (Å²) in [4.78, 5) is 0. The van der Waals surface area contributed by atoms with E-state index in [0.29, 0.717) is 0 Å². The van der Waals surface area contributed by atoms with E-state index < -0.39 is 0 Å². The van der Waals surface area contributed by atoms with E-state index >= 15 is 0 Å². The second-order valence-electron chi connectivity index (χ2n) is 16.2. The Morgan fingerprint density at radius 2 is 0.778 bits per heavy atom. The highest BCUT2D eigenvalue weighted by Gasteiger charge is 2.15. The molecule has 2 heteroatoms. The molecule has 6 rings (SSSR count). The summed E-state index contributed by atoms with van der Waals surface area (Å²) in [5.41, 5.74) is 10.00.